The number of fused-ring (bicyclic) bond motifs is 1. The number of aryl methyl sites for hydroxylation is 1. The van der Waals surface area contributed by atoms with Crippen LogP contribution in [0.4, 0.5) is 5.69 Å². The van der Waals surface area contributed by atoms with Crippen LogP contribution >= 0.6 is 0 Å². The molecule has 0 aromatic heterocycles. The van der Waals surface area contributed by atoms with Gasteiger partial charge in [0, 0.05) is 24.8 Å². The molecule has 1 aliphatic heterocycles. The van der Waals surface area contributed by atoms with Crippen molar-refractivity contribution in [3.63, 3.8) is 0 Å². The van der Waals surface area contributed by atoms with E-state index < -0.39 is 10.0 Å². The second-order valence-corrected chi connectivity index (χ2v) is 7.94. The number of nitrogens with zero attached hydrogens (tertiary/aromatic N) is 1. The molecule has 1 aromatic rings. The molecule has 5 heteroatoms. The third kappa shape index (κ3) is 3.09. The fourth-order valence-corrected chi connectivity index (χ4v) is 4.70. The molecule has 1 aromatic carbocycles. The van der Waals surface area contributed by atoms with Crippen LogP contribution in [0.15, 0.2) is 23.1 Å². The Labute approximate surface area is 127 Å². The van der Waals surface area contributed by atoms with Gasteiger partial charge in [-0.15, -0.1) is 0 Å². The van der Waals surface area contributed by atoms with Crippen LogP contribution in [0.2, 0.25) is 0 Å². The molecule has 1 heterocycles. The molecule has 1 fully saturated rings. The molecule has 1 N–H and O–H groups in total. The summed E-state index contributed by atoms with van der Waals surface area (Å²) in [5.74, 6) is 0. The highest BCUT2D eigenvalue weighted by atomic mass is 32.2. The van der Waals surface area contributed by atoms with Crippen molar-refractivity contribution in [2.75, 3.05) is 18.4 Å². The van der Waals surface area contributed by atoms with E-state index >= 15 is 0 Å². The molecule has 1 aliphatic carbocycles. The number of rotatable bonds is 6. The maximum absolute atomic E-state index is 12.9. The topological polar surface area (TPSA) is 49.4 Å². The fraction of sp³-hybridized carbons (Fsp3) is 0.625. The van der Waals surface area contributed by atoms with Crippen molar-refractivity contribution in [2.24, 2.45) is 0 Å². The van der Waals surface area contributed by atoms with Crippen molar-refractivity contribution in [3.8, 4) is 0 Å². The summed E-state index contributed by atoms with van der Waals surface area (Å²) in [6.45, 7) is 3.73. The Kier molecular flexibility index (Phi) is 4.22. The average molecular weight is 308 g/mol. The molecular weight excluding hydrogens is 284 g/mol. The first-order valence-corrected chi connectivity index (χ1v) is 9.45. The van der Waals surface area contributed by atoms with Crippen molar-refractivity contribution in [1.29, 1.82) is 0 Å². The molecule has 116 valence electrons. The zero-order valence-electron chi connectivity index (χ0n) is 12.6. The van der Waals surface area contributed by atoms with Crippen LogP contribution in [0.1, 0.15) is 44.6 Å². The number of hydrogen-bond donors (Lipinski definition) is 1. The van der Waals surface area contributed by atoms with Gasteiger partial charge in [-0.3, -0.25) is 0 Å². The van der Waals surface area contributed by atoms with E-state index in [1.807, 2.05) is 12.1 Å². The summed E-state index contributed by atoms with van der Waals surface area (Å²) in [6, 6.07) is 5.79. The van der Waals surface area contributed by atoms with E-state index in [0.29, 0.717) is 11.4 Å². The average Bonchev–Trinajstić information content (AvgIpc) is 3.31. The van der Waals surface area contributed by atoms with E-state index in [1.165, 1.54) is 0 Å². The Morgan fingerprint density at radius 3 is 2.86 bits per heavy atom. The Hall–Kier alpha value is -1.07. The zero-order chi connectivity index (χ0) is 14.9. The number of unbranched alkanes of at least 4 members (excludes halogenated alkanes) is 1. The van der Waals surface area contributed by atoms with Gasteiger partial charge in [0.2, 0.25) is 10.0 Å². The smallest absolute Gasteiger partial charge is 0.243 e. The maximum Gasteiger partial charge on any atom is 0.243 e. The van der Waals surface area contributed by atoms with Crippen molar-refractivity contribution in [2.45, 2.75) is 56.4 Å². The predicted octanol–water partition coefficient (Wildman–Crippen LogP) is 3.00. The third-order valence-corrected chi connectivity index (χ3v) is 6.26. The molecule has 0 amide bonds. The summed E-state index contributed by atoms with van der Waals surface area (Å²) in [5, 5.41) is 3.33. The SMILES string of the molecule is CCCCN(C1CC1)S(=O)(=O)c1ccc2c(c1)CCCN2. The van der Waals surface area contributed by atoms with Gasteiger partial charge >= 0.3 is 0 Å². The molecule has 1 saturated carbocycles. The van der Waals surface area contributed by atoms with Crippen LogP contribution in [0.3, 0.4) is 0 Å². The molecule has 0 saturated heterocycles. The van der Waals surface area contributed by atoms with E-state index in [-0.39, 0.29) is 6.04 Å². The lowest BCUT2D eigenvalue weighted by atomic mass is 10.0. The summed E-state index contributed by atoms with van der Waals surface area (Å²) in [4.78, 5) is 0.466. The van der Waals surface area contributed by atoms with Crippen LogP contribution < -0.4 is 5.32 Å². The van der Waals surface area contributed by atoms with Crippen LogP contribution in [-0.4, -0.2) is 31.9 Å². The lowest BCUT2D eigenvalue weighted by Gasteiger charge is -2.23. The van der Waals surface area contributed by atoms with Crippen LogP contribution in [0, 0.1) is 0 Å². The highest BCUT2D eigenvalue weighted by Crippen LogP contribution is 2.34. The molecule has 0 bridgehead atoms. The second-order valence-electron chi connectivity index (χ2n) is 6.05. The highest BCUT2D eigenvalue weighted by Gasteiger charge is 2.37. The minimum absolute atomic E-state index is 0.232. The number of sulfonamides is 1. The van der Waals surface area contributed by atoms with E-state index in [0.717, 1.165) is 56.3 Å². The van der Waals surface area contributed by atoms with Gasteiger partial charge in [-0.25, -0.2) is 8.42 Å². The van der Waals surface area contributed by atoms with Crippen LogP contribution in [0.5, 0.6) is 0 Å². The fourth-order valence-electron chi connectivity index (χ4n) is 2.92. The lowest BCUT2D eigenvalue weighted by molar-refractivity contribution is 0.395. The van der Waals surface area contributed by atoms with Gasteiger partial charge in [-0.05, 0) is 55.9 Å². The van der Waals surface area contributed by atoms with E-state index in [4.69, 9.17) is 0 Å². The van der Waals surface area contributed by atoms with Crippen molar-refractivity contribution in [1.82, 2.24) is 4.31 Å². The number of benzene rings is 1. The number of hydrogen-bond acceptors (Lipinski definition) is 3. The molecule has 0 radical (unpaired) electrons. The van der Waals surface area contributed by atoms with Gasteiger partial charge in [0.15, 0.2) is 0 Å². The maximum atomic E-state index is 12.9. The van der Waals surface area contributed by atoms with Gasteiger partial charge in [-0.1, -0.05) is 13.3 Å². The first-order chi connectivity index (χ1) is 10.1. The van der Waals surface area contributed by atoms with Gasteiger partial charge < -0.3 is 5.32 Å². The normalized spacial score (nSPS) is 18.4. The second kappa shape index (κ2) is 5.97. The Balaban J connectivity index is 1.89. The molecule has 0 unspecified atom stereocenters. The molecule has 21 heavy (non-hydrogen) atoms. The summed E-state index contributed by atoms with van der Waals surface area (Å²) in [5.41, 5.74) is 2.22. The zero-order valence-corrected chi connectivity index (χ0v) is 13.5. The first-order valence-electron chi connectivity index (χ1n) is 8.01. The van der Waals surface area contributed by atoms with Gasteiger partial charge in [0.1, 0.15) is 0 Å². The predicted molar refractivity (Wildman–Crippen MR) is 85.1 cm³/mol. The van der Waals surface area contributed by atoms with Gasteiger partial charge in [-0.2, -0.15) is 4.31 Å². The highest BCUT2D eigenvalue weighted by molar-refractivity contribution is 7.89. The summed E-state index contributed by atoms with van der Waals surface area (Å²) in [6.07, 6.45) is 6.00. The van der Waals surface area contributed by atoms with Crippen molar-refractivity contribution < 1.29 is 8.42 Å². The van der Waals surface area contributed by atoms with E-state index in [9.17, 15) is 8.42 Å². The summed E-state index contributed by atoms with van der Waals surface area (Å²) in [7, 11) is -3.34. The minimum Gasteiger partial charge on any atom is -0.385 e. The standard InChI is InChI=1S/C16H24N2O2S/c1-2-3-11-18(14-6-7-14)21(19,20)15-8-9-16-13(12-15)5-4-10-17-16/h8-9,12,14,17H,2-7,10-11H2,1H3. The Morgan fingerprint density at radius 1 is 1.33 bits per heavy atom. The quantitative estimate of drug-likeness (QED) is 0.879. The van der Waals surface area contributed by atoms with Crippen LogP contribution in [-0.2, 0) is 16.4 Å². The Morgan fingerprint density at radius 2 is 2.14 bits per heavy atom. The Bertz CT molecular complexity index is 609. The summed E-state index contributed by atoms with van der Waals surface area (Å²) < 4.78 is 27.6. The molecule has 4 nitrogen and oxygen atoms in total. The van der Waals surface area contributed by atoms with Gasteiger partial charge in [0.05, 0.1) is 4.90 Å². The molecular formula is C16H24N2O2S. The van der Waals surface area contributed by atoms with E-state index in [2.05, 4.69) is 12.2 Å². The van der Waals surface area contributed by atoms with Crippen LogP contribution in [0.25, 0.3) is 0 Å². The minimum atomic E-state index is -3.34. The monoisotopic (exact) mass is 308 g/mol. The molecule has 2 aliphatic rings. The summed E-state index contributed by atoms with van der Waals surface area (Å²) >= 11 is 0. The number of nitrogens with one attached hydrogen (secondary N) is 1. The molecule has 0 atom stereocenters. The molecule has 3 rings (SSSR count). The van der Waals surface area contributed by atoms with Crippen molar-refractivity contribution in [3.05, 3.63) is 23.8 Å². The van der Waals surface area contributed by atoms with E-state index in [1.54, 1.807) is 10.4 Å². The number of anilines is 1. The lowest BCUT2D eigenvalue weighted by Crippen LogP contribution is -2.34. The van der Waals surface area contributed by atoms with Gasteiger partial charge in [0.25, 0.3) is 0 Å². The third-order valence-electron chi connectivity index (χ3n) is 4.31. The molecule has 0 spiro atoms. The largest absolute Gasteiger partial charge is 0.385 e. The van der Waals surface area contributed by atoms with Crippen molar-refractivity contribution >= 4 is 15.7 Å². The first kappa shape index (κ1) is 14.9.